The topological polar surface area (TPSA) is 82.3 Å². The number of primary amides is 1. The van der Waals surface area contributed by atoms with Gasteiger partial charge in [0, 0.05) is 30.3 Å². The number of ketones is 1. The van der Waals surface area contributed by atoms with Crippen molar-refractivity contribution in [2.45, 2.75) is 45.6 Å². The summed E-state index contributed by atoms with van der Waals surface area (Å²) in [5, 5.41) is 0. The highest BCUT2D eigenvalue weighted by Gasteiger charge is 2.23. The van der Waals surface area contributed by atoms with Gasteiger partial charge in [-0.1, -0.05) is 6.92 Å². The van der Waals surface area contributed by atoms with Crippen molar-refractivity contribution in [1.29, 1.82) is 0 Å². The van der Waals surface area contributed by atoms with E-state index in [4.69, 9.17) is 10.5 Å². The van der Waals surface area contributed by atoms with E-state index in [1.54, 1.807) is 32.2 Å². The van der Waals surface area contributed by atoms with E-state index >= 15 is 0 Å². The number of ether oxygens (including phenoxy) is 1. The molecular weight excluding hydrogens is 244 g/mol. The SMILES string of the molecule is CCCC(=O)c1ccc(CC(C)(C)OC(N)=O)nc1. The summed E-state index contributed by atoms with van der Waals surface area (Å²) in [4.78, 5) is 26.6. The van der Waals surface area contributed by atoms with Crippen LogP contribution in [-0.4, -0.2) is 22.5 Å². The Hall–Kier alpha value is -1.91. The summed E-state index contributed by atoms with van der Waals surface area (Å²) in [5.41, 5.74) is 5.65. The molecule has 1 heterocycles. The molecule has 0 aliphatic rings. The van der Waals surface area contributed by atoms with Gasteiger partial charge in [0.15, 0.2) is 5.78 Å². The third-order valence-corrected chi connectivity index (χ3v) is 2.61. The van der Waals surface area contributed by atoms with Crippen molar-refractivity contribution in [2.24, 2.45) is 5.73 Å². The van der Waals surface area contributed by atoms with E-state index in [0.29, 0.717) is 18.4 Å². The fourth-order valence-electron chi connectivity index (χ4n) is 1.81. The summed E-state index contributed by atoms with van der Waals surface area (Å²) in [7, 11) is 0. The molecule has 2 N–H and O–H groups in total. The summed E-state index contributed by atoms with van der Waals surface area (Å²) >= 11 is 0. The molecule has 1 aromatic rings. The average Bonchev–Trinajstić information content (AvgIpc) is 2.27. The van der Waals surface area contributed by atoms with Gasteiger partial charge in [0.05, 0.1) is 0 Å². The molecule has 0 fully saturated rings. The first-order valence-electron chi connectivity index (χ1n) is 6.30. The van der Waals surface area contributed by atoms with E-state index in [9.17, 15) is 9.59 Å². The van der Waals surface area contributed by atoms with E-state index in [-0.39, 0.29) is 5.78 Å². The number of hydrogen-bond donors (Lipinski definition) is 1. The normalized spacial score (nSPS) is 11.1. The van der Waals surface area contributed by atoms with Crippen molar-refractivity contribution in [3.63, 3.8) is 0 Å². The molecule has 0 spiro atoms. The molecule has 19 heavy (non-hydrogen) atoms. The molecule has 0 saturated heterocycles. The van der Waals surface area contributed by atoms with Crippen molar-refractivity contribution < 1.29 is 14.3 Å². The van der Waals surface area contributed by atoms with Crippen LogP contribution >= 0.6 is 0 Å². The Labute approximate surface area is 113 Å². The van der Waals surface area contributed by atoms with Gasteiger partial charge in [0.1, 0.15) is 5.60 Å². The lowest BCUT2D eigenvalue weighted by Gasteiger charge is -2.23. The van der Waals surface area contributed by atoms with E-state index in [0.717, 1.165) is 12.1 Å². The molecule has 0 bridgehead atoms. The van der Waals surface area contributed by atoms with Gasteiger partial charge in [0.2, 0.25) is 0 Å². The lowest BCUT2D eigenvalue weighted by molar-refractivity contribution is 0.0453. The van der Waals surface area contributed by atoms with Crippen LogP contribution in [0.25, 0.3) is 0 Å². The van der Waals surface area contributed by atoms with Crippen LogP contribution in [0.4, 0.5) is 4.79 Å². The van der Waals surface area contributed by atoms with E-state index in [1.807, 2.05) is 6.92 Å². The van der Waals surface area contributed by atoms with Crippen molar-refractivity contribution in [3.8, 4) is 0 Å². The lowest BCUT2D eigenvalue weighted by atomic mass is 10.0. The van der Waals surface area contributed by atoms with Gasteiger partial charge < -0.3 is 10.5 Å². The molecule has 1 amide bonds. The number of carbonyl (C=O) groups is 2. The van der Waals surface area contributed by atoms with Gasteiger partial charge in [-0.05, 0) is 32.4 Å². The molecule has 104 valence electrons. The van der Waals surface area contributed by atoms with Crippen molar-refractivity contribution in [3.05, 3.63) is 29.6 Å². The van der Waals surface area contributed by atoms with Crippen molar-refractivity contribution in [1.82, 2.24) is 4.98 Å². The van der Waals surface area contributed by atoms with E-state index in [1.165, 1.54) is 0 Å². The van der Waals surface area contributed by atoms with Crippen LogP contribution in [0.5, 0.6) is 0 Å². The summed E-state index contributed by atoms with van der Waals surface area (Å²) in [6, 6.07) is 3.52. The van der Waals surface area contributed by atoms with Crippen LogP contribution in [0.1, 0.15) is 49.7 Å². The summed E-state index contributed by atoms with van der Waals surface area (Å²) in [5.74, 6) is 0.0918. The number of carbonyl (C=O) groups excluding carboxylic acids is 2. The molecule has 0 unspecified atom stereocenters. The lowest BCUT2D eigenvalue weighted by Crippen LogP contribution is -2.33. The third-order valence-electron chi connectivity index (χ3n) is 2.61. The van der Waals surface area contributed by atoms with Crippen LogP contribution in [0, 0.1) is 0 Å². The number of aromatic nitrogens is 1. The molecular formula is C14H20N2O3. The monoisotopic (exact) mass is 264 g/mol. The zero-order chi connectivity index (χ0) is 14.5. The van der Waals surface area contributed by atoms with Crippen LogP contribution in [0.15, 0.2) is 18.3 Å². The minimum atomic E-state index is -0.806. The molecule has 0 saturated carbocycles. The van der Waals surface area contributed by atoms with Crippen molar-refractivity contribution >= 4 is 11.9 Å². The highest BCUT2D eigenvalue weighted by molar-refractivity contribution is 5.95. The Morgan fingerprint density at radius 2 is 2.05 bits per heavy atom. The average molecular weight is 264 g/mol. The van der Waals surface area contributed by atoms with Gasteiger partial charge in [-0.15, -0.1) is 0 Å². The molecule has 1 rings (SSSR count). The molecule has 0 atom stereocenters. The Morgan fingerprint density at radius 3 is 2.53 bits per heavy atom. The Bertz CT molecular complexity index is 452. The molecule has 0 radical (unpaired) electrons. The van der Waals surface area contributed by atoms with Gasteiger partial charge >= 0.3 is 6.09 Å². The van der Waals surface area contributed by atoms with E-state index in [2.05, 4.69) is 4.98 Å². The summed E-state index contributed by atoms with van der Waals surface area (Å²) < 4.78 is 4.99. The molecule has 1 aromatic heterocycles. The van der Waals surface area contributed by atoms with Crippen molar-refractivity contribution in [2.75, 3.05) is 0 Å². The maximum atomic E-state index is 11.7. The number of hydrogen-bond acceptors (Lipinski definition) is 4. The third kappa shape index (κ3) is 5.07. The number of nitrogens with zero attached hydrogens (tertiary/aromatic N) is 1. The fourth-order valence-corrected chi connectivity index (χ4v) is 1.81. The van der Waals surface area contributed by atoms with Gasteiger partial charge in [-0.3, -0.25) is 9.78 Å². The van der Waals surface area contributed by atoms with E-state index < -0.39 is 11.7 Å². The summed E-state index contributed by atoms with van der Waals surface area (Å²) in [6.07, 6.45) is 2.54. The minimum absolute atomic E-state index is 0.0918. The Kier molecular flexibility index (Phi) is 5.03. The number of Topliss-reactive ketones (excluding diaryl/α,β-unsaturated/α-hetero) is 1. The standard InChI is InChI=1S/C14H20N2O3/c1-4-5-12(17)10-6-7-11(16-9-10)8-14(2,3)19-13(15)18/h6-7,9H,4-5,8H2,1-3H3,(H2,15,18). The Balaban J connectivity index is 2.71. The quantitative estimate of drug-likeness (QED) is 0.800. The minimum Gasteiger partial charge on any atom is -0.443 e. The predicted molar refractivity (Wildman–Crippen MR) is 71.9 cm³/mol. The summed E-state index contributed by atoms with van der Waals surface area (Å²) in [6.45, 7) is 5.48. The second-order valence-electron chi connectivity index (χ2n) is 5.07. The fraction of sp³-hybridized carbons (Fsp3) is 0.500. The van der Waals surface area contributed by atoms with Crippen LogP contribution in [-0.2, 0) is 11.2 Å². The first kappa shape index (κ1) is 15.1. The maximum absolute atomic E-state index is 11.7. The molecule has 0 aliphatic carbocycles. The highest BCUT2D eigenvalue weighted by Crippen LogP contribution is 2.16. The zero-order valence-corrected chi connectivity index (χ0v) is 11.6. The van der Waals surface area contributed by atoms with Crippen LogP contribution < -0.4 is 5.73 Å². The molecule has 5 heteroatoms. The van der Waals surface area contributed by atoms with Crippen LogP contribution in [0.3, 0.4) is 0 Å². The molecule has 5 nitrogen and oxygen atoms in total. The predicted octanol–water partition coefficient (Wildman–Crippen LogP) is 2.48. The van der Waals surface area contributed by atoms with Gasteiger partial charge in [-0.25, -0.2) is 4.79 Å². The first-order valence-corrected chi connectivity index (χ1v) is 6.30. The first-order chi connectivity index (χ1) is 8.84. The smallest absolute Gasteiger partial charge is 0.405 e. The second kappa shape index (κ2) is 6.31. The number of pyridine rings is 1. The molecule has 0 aromatic carbocycles. The Morgan fingerprint density at radius 1 is 1.37 bits per heavy atom. The van der Waals surface area contributed by atoms with Crippen LogP contribution in [0.2, 0.25) is 0 Å². The maximum Gasteiger partial charge on any atom is 0.405 e. The molecule has 0 aliphatic heterocycles. The van der Waals surface area contributed by atoms with Gasteiger partial charge in [0.25, 0.3) is 0 Å². The zero-order valence-electron chi connectivity index (χ0n) is 11.6. The number of amides is 1. The van der Waals surface area contributed by atoms with Gasteiger partial charge in [-0.2, -0.15) is 0 Å². The highest BCUT2D eigenvalue weighted by atomic mass is 16.6. The number of nitrogens with two attached hydrogens (primary N) is 1. The number of rotatable bonds is 6. The largest absolute Gasteiger partial charge is 0.443 e. The second-order valence-corrected chi connectivity index (χ2v) is 5.07.